The van der Waals surface area contributed by atoms with Crippen LogP contribution in [0.4, 0.5) is 5.95 Å². The van der Waals surface area contributed by atoms with Crippen molar-refractivity contribution in [3.05, 3.63) is 48.3 Å². The van der Waals surface area contributed by atoms with Crippen LogP contribution in [0, 0.1) is 6.92 Å². The molecule has 3 aromatic heterocycles. The maximum absolute atomic E-state index is 12.6. The number of anilines is 1. The quantitative estimate of drug-likeness (QED) is 0.376. The Kier molecular flexibility index (Phi) is 5.65. The molecule has 0 radical (unpaired) electrons. The molecule has 1 aliphatic heterocycles. The minimum Gasteiger partial charge on any atom is -0.324 e. The van der Waals surface area contributed by atoms with Gasteiger partial charge in [0, 0.05) is 36.4 Å². The highest BCUT2D eigenvalue weighted by atomic mass is 16.2. The van der Waals surface area contributed by atoms with Crippen molar-refractivity contribution in [3.63, 3.8) is 0 Å². The first-order valence-corrected chi connectivity index (χ1v) is 11.2. The van der Waals surface area contributed by atoms with Crippen LogP contribution < -0.4 is 10.6 Å². The molecule has 9 nitrogen and oxygen atoms in total. The molecule has 0 saturated carbocycles. The van der Waals surface area contributed by atoms with Crippen molar-refractivity contribution in [1.82, 2.24) is 35.4 Å². The Bertz CT molecular complexity index is 1280. The van der Waals surface area contributed by atoms with Gasteiger partial charge in [0.1, 0.15) is 0 Å². The monoisotopic (exact) mass is 444 g/mol. The molecular formula is C24H28N8O. The van der Waals surface area contributed by atoms with E-state index in [-0.39, 0.29) is 5.91 Å². The summed E-state index contributed by atoms with van der Waals surface area (Å²) >= 11 is 0. The van der Waals surface area contributed by atoms with Gasteiger partial charge in [-0.3, -0.25) is 25.1 Å². The SMILES string of the molecule is Cc1cccc(-c2[nH]ncc2-c2ccc3nc(NC(=O)CN4CC(C)NC(C)C4)[nH]c3c2)n1. The Morgan fingerprint density at radius 3 is 2.76 bits per heavy atom. The van der Waals surface area contributed by atoms with Gasteiger partial charge in [0.05, 0.1) is 35.2 Å². The molecule has 4 aromatic rings. The molecule has 0 spiro atoms. The van der Waals surface area contributed by atoms with Gasteiger partial charge in [0.2, 0.25) is 11.9 Å². The third-order valence-electron chi connectivity index (χ3n) is 5.83. The number of carbonyl (C=O) groups excluding carboxylic acids is 1. The number of hydrogen-bond acceptors (Lipinski definition) is 6. The first kappa shape index (κ1) is 21.3. The number of carbonyl (C=O) groups is 1. The van der Waals surface area contributed by atoms with Crippen molar-refractivity contribution in [1.29, 1.82) is 0 Å². The Morgan fingerprint density at radius 1 is 1.15 bits per heavy atom. The van der Waals surface area contributed by atoms with E-state index in [1.54, 1.807) is 6.20 Å². The van der Waals surface area contributed by atoms with Crippen LogP contribution in [0.25, 0.3) is 33.5 Å². The minimum atomic E-state index is -0.0711. The third kappa shape index (κ3) is 4.64. The predicted octanol–water partition coefficient (Wildman–Crippen LogP) is 2.94. The fourth-order valence-corrected chi connectivity index (χ4v) is 4.56. The number of nitrogens with zero attached hydrogens (tertiary/aromatic N) is 4. The summed E-state index contributed by atoms with van der Waals surface area (Å²) in [7, 11) is 0. The summed E-state index contributed by atoms with van der Waals surface area (Å²) in [4.78, 5) is 27.1. The average molecular weight is 445 g/mol. The number of benzene rings is 1. The summed E-state index contributed by atoms with van der Waals surface area (Å²) < 4.78 is 0. The second-order valence-electron chi connectivity index (χ2n) is 8.85. The molecule has 2 unspecified atom stereocenters. The fraction of sp³-hybridized carbons (Fsp3) is 0.333. The van der Waals surface area contributed by atoms with Crippen LogP contribution in [0.15, 0.2) is 42.6 Å². The highest BCUT2D eigenvalue weighted by Gasteiger charge is 2.23. The van der Waals surface area contributed by atoms with Gasteiger partial charge in [-0.2, -0.15) is 5.10 Å². The number of pyridine rings is 1. The summed E-state index contributed by atoms with van der Waals surface area (Å²) in [6.07, 6.45) is 1.80. The van der Waals surface area contributed by atoms with Gasteiger partial charge in [0.15, 0.2) is 0 Å². The zero-order chi connectivity index (χ0) is 22.9. The van der Waals surface area contributed by atoms with E-state index < -0.39 is 0 Å². The van der Waals surface area contributed by atoms with Gasteiger partial charge in [0.25, 0.3) is 0 Å². The van der Waals surface area contributed by atoms with Crippen molar-refractivity contribution in [2.45, 2.75) is 32.9 Å². The van der Waals surface area contributed by atoms with E-state index in [1.165, 1.54) is 0 Å². The first-order chi connectivity index (χ1) is 15.9. The smallest absolute Gasteiger partial charge is 0.240 e. The van der Waals surface area contributed by atoms with Crippen molar-refractivity contribution in [3.8, 4) is 22.5 Å². The summed E-state index contributed by atoms with van der Waals surface area (Å²) in [5.74, 6) is 0.384. The van der Waals surface area contributed by atoms with Gasteiger partial charge in [-0.1, -0.05) is 12.1 Å². The minimum absolute atomic E-state index is 0.0711. The molecule has 170 valence electrons. The van der Waals surface area contributed by atoms with Gasteiger partial charge in [-0.15, -0.1) is 0 Å². The second-order valence-corrected chi connectivity index (χ2v) is 8.85. The average Bonchev–Trinajstić information content (AvgIpc) is 3.39. The van der Waals surface area contributed by atoms with E-state index in [2.05, 4.69) is 54.5 Å². The number of hydrogen-bond donors (Lipinski definition) is 4. The lowest BCUT2D eigenvalue weighted by Gasteiger charge is -2.35. The third-order valence-corrected chi connectivity index (χ3v) is 5.83. The van der Waals surface area contributed by atoms with E-state index in [9.17, 15) is 4.79 Å². The topological polar surface area (TPSA) is 115 Å². The lowest BCUT2D eigenvalue weighted by Crippen LogP contribution is -2.55. The molecule has 33 heavy (non-hydrogen) atoms. The first-order valence-electron chi connectivity index (χ1n) is 11.2. The summed E-state index contributed by atoms with van der Waals surface area (Å²) in [6, 6.07) is 12.6. The molecule has 4 heterocycles. The molecule has 0 bridgehead atoms. The second kappa shape index (κ2) is 8.76. The molecule has 0 aliphatic carbocycles. The van der Waals surface area contributed by atoms with Crippen molar-refractivity contribution < 1.29 is 4.79 Å². The molecule has 1 fully saturated rings. The van der Waals surface area contributed by atoms with E-state index in [0.717, 1.165) is 52.3 Å². The normalized spacial score (nSPS) is 19.1. The Labute approximate surface area is 192 Å². The van der Waals surface area contributed by atoms with Gasteiger partial charge in [-0.25, -0.2) is 4.98 Å². The van der Waals surface area contributed by atoms with Crippen LogP contribution in [-0.2, 0) is 4.79 Å². The fourth-order valence-electron chi connectivity index (χ4n) is 4.56. The van der Waals surface area contributed by atoms with Crippen LogP contribution in [-0.4, -0.2) is 67.7 Å². The van der Waals surface area contributed by atoms with E-state index in [1.807, 2.05) is 43.3 Å². The molecule has 9 heteroatoms. The summed E-state index contributed by atoms with van der Waals surface area (Å²) in [6.45, 7) is 8.29. The summed E-state index contributed by atoms with van der Waals surface area (Å²) in [5.41, 5.74) is 6.23. The lowest BCUT2D eigenvalue weighted by molar-refractivity contribution is -0.117. The Hall–Kier alpha value is -3.56. The van der Waals surface area contributed by atoms with E-state index in [0.29, 0.717) is 24.6 Å². The standard InChI is InChI=1S/C24H28N8O/c1-14-5-4-6-20(27-14)23-18(10-25-31-23)17-7-8-19-21(9-17)29-24(28-19)30-22(33)13-32-11-15(2)26-16(3)12-32/h4-10,15-16,26H,11-13H2,1-3H3,(H,25,31)(H2,28,29,30,33). The van der Waals surface area contributed by atoms with Gasteiger partial charge in [-0.05, 0) is 50.6 Å². The molecule has 2 atom stereocenters. The zero-order valence-electron chi connectivity index (χ0n) is 19.0. The maximum Gasteiger partial charge on any atom is 0.240 e. The molecule has 4 N–H and O–H groups in total. The van der Waals surface area contributed by atoms with Crippen molar-refractivity contribution >= 4 is 22.9 Å². The number of aromatic amines is 2. The molecule has 5 rings (SSSR count). The molecular weight excluding hydrogens is 416 g/mol. The Morgan fingerprint density at radius 2 is 1.97 bits per heavy atom. The van der Waals surface area contributed by atoms with Crippen LogP contribution in [0.2, 0.25) is 0 Å². The van der Waals surface area contributed by atoms with E-state index >= 15 is 0 Å². The number of piperazine rings is 1. The number of amides is 1. The number of aromatic nitrogens is 5. The number of imidazole rings is 1. The molecule has 1 aromatic carbocycles. The van der Waals surface area contributed by atoms with Gasteiger partial charge >= 0.3 is 0 Å². The van der Waals surface area contributed by atoms with Crippen LogP contribution in [0.1, 0.15) is 19.5 Å². The highest BCUT2D eigenvalue weighted by Crippen LogP contribution is 2.31. The van der Waals surface area contributed by atoms with Crippen molar-refractivity contribution in [2.24, 2.45) is 0 Å². The lowest BCUT2D eigenvalue weighted by atomic mass is 10.0. The number of H-pyrrole nitrogens is 2. The van der Waals surface area contributed by atoms with Crippen LogP contribution >= 0.6 is 0 Å². The summed E-state index contributed by atoms with van der Waals surface area (Å²) in [5, 5.41) is 13.7. The van der Waals surface area contributed by atoms with E-state index in [4.69, 9.17) is 0 Å². The predicted molar refractivity (Wildman–Crippen MR) is 129 cm³/mol. The number of rotatable bonds is 5. The van der Waals surface area contributed by atoms with Crippen molar-refractivity contribution in [2.75, 3.05) is 25.0 Å². The Balaban J connectivity index is 1.34. The number of aryl methyl sites for hydroxylation is 1. The number of fused-ring (bicyclic) bond motifs is 1. The maximum atomic E-state index is 12.6. The van der Waals surface area contributed by atoms with Crippen LogP contribution in [0.5, 0.6) is 0 Å². The zero-order valence-corrected chi connectivity index (χ0v) is 19.0. The number of nitrogens with one attached hydrogen (secondary N) is 4. The molecule has 1 amide bonds. The van der Waals surface area contributed by atoms with Gasteiger partial charge < -0.3 is 10.3 Å². The largest absolute Gasteiger partial charge is 0.324 e. The van der Waals surface area contributed by atoms with Crippen LogP contribution in [0.3, 0.4) is 0 Å². The molecule has 1 saturated heterocycles. The highest BCUT2D eigenvalue weighted by molar-refractivity contribution is 5.93. The molecule has 1 aliphatic rings.